The molecular formula is C23H21N5O2. The highest BCUT2D eigenvalue weighted by molar-refractivity contribution is 5.97. The minimum absolute atomic E-state index is 0.213. The van der Waals surface area contributed by atoms with Crippen LogP contribution in [-0.2, 0) is 0 Å². The first kappa shape index (κ1) is 19.2. The number of nitrogens with one attached hydrogen (secondary N) is 1. The summed E-state index contributed by atoms with van der Waals surface area (Å²) < 4.78 is 0. The van der Waals surface area contributed by atoms with Crippen LogP contribution in [0.5, 0.6) is 0 Å². The first-order valence-corrected chi connectivity index (χ1v) is 9.54. The normalized spacial score (nSPS) is 10.7. The van der Waals surface area contributed by atoms with Crippen LogP contribution in [0.4, 0.5) is 28.7 Å². The summed E-state index contributed by atoms with van der Waals surface area (Å²) >= 11 is 0. The number of benzene rings is 3. The van der Waals surface area contributed by atoms with Gasteiger partial charge in [0.2, 0.25) is 0 Å². The molecule has 0 aliphatic carbocycles. The third kappa shape index (κ3) is 3.60. The van der Waals surface area contributed by atoms with Crippen LogP contribution in [0.25, 0.3) is 10.8 Å². The van der Waals surface area contributed by atoms with Crippen LogP contribution in [0.1, 0.15) is 17.3 Å². The summed E-state index contributed by atoms with van der Waals surface area (Å²) in [6.45, 7) is 2.71. The van der Waals surface area contributed by atoms with Gasteiger partial charge in [-0.15, -0.1) is 0 Å². The summed E-state index contributed by atoms with van der Waals surface area (Å²) in [5.74, 6) is 0.0920. The number of nitrogens with two attached hydrogens (primary N) is 1. The van der Waals surface area contributed by atoms with E-state index in [0.29, 0.717) is 29.6 Å². The van der Waals surface area contributed by atoms with E-state index in [1.54, 1.807) is 12.1 Å². The van der Waals surface area contributed by atoms with Crippen LogP contribution in [0.2, 0.25) is 0 Å². The van der Waals surface area contributed by atoms with Crippen LogP contribution in [0.3, 0.4) is 0 Å². The van der Waals surface area contributed by atoms with E-state index < -0.39 is 5.97 Å². The Morgan fingerprint density at radius 3 is 2.50 bits per heavy atom. The fraction of sp³-hybridized carbons (Fsp3) is 0.0870. The van der Waals surface area contributed by atoms with Crippen LogP contribution >= 0.6 is 0 Å². The molecule has 4 rings (SSSR count). The maximum absolute atomic E-state index is 11.0. The Morgan fingerprint density at radius 2 is 1.77 bits per heavy atom. The third-order valence-electron chi connectivity index (χ3n) is 4.89. The molecule has 0 bridgehead atoms. The summed E-state index contributed by atoms with van der Waals surface area (Å²) in [5, 5.41) is 14.4. The van der Waals surface area contributed by atoms with Crippen molar-refractivity contribution in [1.29, 1.82) is 0 Å². The van der Waals surface area contributed by atoms with Crippen molar-refractivity contribution in [1.82, 2.24) is 9.97 Å². The van der Waals surface area contributed by atoms with Crippen molar-refractivity contribution in [2.24, 2.45) is 0 Å². The first-order chi connectivity index (χ1) is 14.6. The Bertz CT molecular complexity index is 1200. The average Bonchev–Trinajstić information content (AvgIpc) is 2.77. The van der Waals surface area contributed by atoms with Crippen molar-refractivity contribution in [3.63, 3.8) is 0 Å². The molecule has 0 saturated carbocycles. The molecule has 0 saturated heterocycles. The molecular weight excluding hydrogens is 378 g/mol. The van der Waals surface area contributed by atoms with Gasteiger partial charge in [-0.1, -0.05) is 36.4 Å². The molecule has 7 heteroatoms. The van der Waals surface area contributed by atoms with E-state index in [1.165, 1.54) is 18.5 Å². The topological polar surface area (TPSA) is 104 Å². The molecule has 3 aromatic carbocycles. The van der Waals surface area contributed by atoms with E-state index >= 15 is 0 Å². The molecule has 1 heterocycles. The van der Waals surface area contributed by atoms with Gasteiger partial charge in [0.05, 0.1) is 11.3 Å². The zero-order chi connectivity index (χ0) is 21.1. The minimum Gasteiger partial charge on any atom is -0.478 e. The van der Waals surface area contributed by atoms with Crippen LogP contribution in [-0.4, -0.2) is 27.6 Å². The quantitative estimate of drug-likeness (QED) is 0.427. The number of nitrogen functional groups attached to an aromatic ring is 1. The Labute approximate surface area is 173 Å². The van der Waals surface area contributed by atoms with E-state index in [9.17, 15) is 4.79 Å². The van der Waals surface area contributed by atoms with Crippen molar-refractivity contribution in [3.05, 3.63) is 78.6 Å². The highest BCUT2D eigenvalue weighted by Gasteiger charge is 2.17. The van der Waals surface area contributed by atoms with Gasteiger partial charge in [-0.25, -0.2) is 14.8 Å². The minimum atomic E-state index is -0.973. The van der Waals surface area contributed by atoms with Gasteiger partial charge in [-0.05, 0) is 42.6 Å². The van der Waals surface area contributed by atoms with Gasteiger partial charge in [-0.3, -0.25) is 0 Å². The first-order valence-electron chi connectivity index (χ1n) is 9.54. The Hall–Kier alpha value is -4.13. The van der Waals surface area contributed by atoms with E-state index in [4.69, 9.17) is 10.8 Å². The number of hydrogen-bond donors (Lipinski definition) is 3. The molecule has 0 unspecified atom stereocenters. The molecule has 4 N–H and O–H groups in total. The second-order valence-corrected chi connectivity index (χ2v) is 6.71. The molecule has 4 aromatic rings. The monoisotopic (exact) mass is 399 g/mol. The number of carboxylic acids is 1. The van der Waals surface area contributed by atoms with Crippen molar-refractivity contribution < 1.29 is 9.90 Å². The molecule has 0 atom stereocenters. The number of nitrogens with zero attached hydrogens (tertiary/aromatic N) is 3. The smallest absolute Gasteiger partial charge is 0.335 e. The molecule has 30 heavy (non-hydrogen) atoms. The average molecular weight is 399 g/mol. The summed E-state index contributed by atoms with van der Waals surface area (Å²) in [6.07, 6.45) is 1.47. The van der Waals surface area contributed by atoms with Crippen molar-refractivity contribution in [3.8, 4) is 0 Å². The van der Waals surface area contributed by atoms with E-state index in [2.05, 4.69) is 38.4 Å². The van der Waals surface area contributed by atoms with Crippen molar-refractivity contribution in [2.75, 3.05) is 22.5 Å². The van der Waals surface area contributed by atoms with Crippen LogP contribution in [0, 0.1) is 0 Å². The van der Waals surface area contributed by atoms with Gasteiger partial charge < -0.3 is 21.1 Å². The fourth-order valence-corrected chi connectivity index (χ4v) is 3.41. The number of anilines is 5. The molecule has 1 aromatic heterocycles. The molecule has 0 amide bonds. The lowest BCUT2D eigenvalue weighted by atomic mass is 10.1. The SMILES string of the molecule is CCN(c1ncnc(Nc2ccc(C(=O)O)cc2)c1N)c1cccc2ccccc12. The number of aromatic carboxylic acids is 1. The lowest BCUT2D eigenvalue weighted by Crippen LogP contribution is -2.20. The van der Waals surface area contributed by atoms with E-state index in [1.807, 2.05) is 31.2 Å². The highest BCUT2D eigenvalue weighted by atomic mass is 16.4. The Balaban J connectivity index is 1.71. The van der Waals surface area contributed by atoms with Crippen molar-refractivity contribution in [2.45, 2.75) is 6.92 Å². The van der Waals surface area contributed by atoms with Crippen LogP contribution < -0.4 is 16.0 Å². The highest BCUT2D eigenvalue weighted by Crippen LogP contribution is 2.36. The lowest BCUT2D eigenvalue weighted by molar-refractivity contribution is 0.0697. The van der Waals surface area contributed by atoms with E-state index in [-0.39, 0.29) is 5.56 Å². The number of fused-ring (bicyclic) bond motifs is 1. The molecule has 0 spiro atoms. The second-order valence-electron chi connectivity index (χ2n) is 6.71. The summed E-state index contributed by atoms with van der Waals surface area (Å²) in [7, 11) is 0. The molecule has 150 valence electrons. The molecule has 0 aliphatic rings. The number of rotatable bonds is 6. The number of aromatic nitrogens is 2. The summed E-state index contributed by atoms with van der Waals surface area (Å²) in [6, 6.07) is 20.7. The fourth-order valence-electron chi connectivity index (χ4n) is 3.41. The zero-order valence-corrected chi connectivity index (χ0v) is 16.4. The van der Waals surface area contributed by atoms with Crippen LogP contribution in [0.15, 0.2) is 73.1 Å². The molecule has 0 aliphatic heterocycles. The van der Waals surface area contributed by atoms with Gasteiger partial charge in [0.15, 0.2) is 11.6 Å². The summed E-state index contributed by atoms with van der Waals surface area (Å²) in [4.78, 5) is 21.8. The van der Waals surface area contributed by atoms with Gasteiger partial charge in [0, 0.05) is 17.6 Å². The van der Waals surface area contributed by atoms with Gasteiger partial charge in [0.25, 0.3) is 0 Å². The van der Waals surface area contributed by atoms with Gasteiger partial charge in [-0.2, -0.15) is 0 Å². The maximum Gasteiger partial charge on any atom is 0.335 e. The number of carboxylic acid groups (broad SMARTS) is 1. The largest absolute Gasteiger partial charge is 0.478 e. The third-order valence-corrected chi connectivity index (χ3v) is 4.89. The predicted molar refractivity (Wildman–Crippen MR) is 120 cm³/mol. The molecule has 7 nitrogen and oxygen atoms in total. The Morgan fingerprint density at radius 1 is 1.03 bits per heavy atom. The standard InChI is InChI=1S/C23H21N5O2/c1-2-28(19-9-5-7-15-6-3-4-8-18(15)19)22-20(24)21(25-14-26-22)27-17-12-10-16(11-13-17)23(29)30/h3-14H,2,24H2,1H3,(H,29,30)(H,25,26,27). The zero-order valence-electron chi connectivity index (χ0n) is 16.4. The molecule has 0 fully saturated rings. The lowest BCUT2D eigenvalue weighted by Gasteiger charge is -2.25. The predicted octanol–water partition coefficient (Wildman–Crippen LogP) is 4.81. The van der Waals surface area contributed by atoms with Gasteiger partial charge >= 0.3 is 5.97 Å². The van der Waals surface area contributed by atoms with Crippen molar-refractivity contribution >= 4 is 45.4 Å². The summed E-state index contributed by atoms with van der Waals surface area (Å²) in [5.41, 5.74) is 8.77. The Kier molecular flexibility index (Phi) is 5.17. The second kappa shape index (κ2) is 8.08. The molecule has 0 radical (unpaired) electrons. The number of carbonyl (C=O) groups is 1. The van der Waals surface area contributed by atoms with Gasteiger partial charge in [0.1, 0.15) is 12.0 Å². The van der Waals surface area contributed by atoms with E-state index in [0.717, 1.165) is 16.5 Å². The number of hydrogen-bond acceptors (Lipinski definition) is 6. The maximum atomic E-state index is 11.0.